The van der Waals surface area contributed by atoms with Crippen molar-refractivity contribution in [3.63, 3.8) is 0 Å². The number of thiophene rings is 1. The van der Waals surface area contributed by atoms with Gasteiger partial charge < -0.3 is 10.4 Å². The molecule has 0 aliphatic heterocycles. The Kier molecular flexibility index (Phi) is 3.96. The molecule has 0 fully saturated rings. The van der Waals surface area contributed by atoms with E-state index < -0.39 is 6.10 Å². The number of hydrogen-bond donors (Lipinski definition) is 2. The first-order valence-corrected chi connectivity index (χ1v) is 7.89. The molecule has 0 radical (unpaired) electrons. The molecule has 1 atom stereocenters. The maximum atomic E-state index is 12.1. The average molecular weight is 315 g/mol. The molecule has 3 aromatic rings. The second-order valence-corrected chi connectivity index (χ2v) is 6.25. The van der Waals surface area contributed by atoms with E-state index in [9.17, 15) is 9.90 Å². The highest BCUT2D eigenvalue weighted by Gasteiger charge is 2.17. The fourth-order valence-electron chi connectivity index (χ4n) is 2.23. The molecule has 2 aromatic heterocycles. The number of benzene rings is 1. The quantitative estimate of drug-likeness (QED) is 0.777. The van der Waals surface area contributed by atoms with Gasteiger partial charge in [-0.1, -0.05) is 18.2 Å². The molecular formula is C16H17N3O2S. The minimum absolute atomic E-state index is 0.166. The van der Waals surface area contributed by atoms with Gasteiger partial charge >= 0.3 is 0 Å². The Balaban J connectivity index is 1.98. The zero-order chi connectivity index (χ0) is 15.7. The third-order valence-electron chi connectivity index (χ3n) is 3.33. The summed E-state index contributed by atoms with van der Waals surface area (Å²) >= 11 is 1.41. The first-order valence-electron chi connectivity index (χ1n) is 7.07. The van der Waals surface area contributed by atoms with Crippen molar-refractivity contribution in [3.8, 4) is 5.69 Å². The molecule has 5 nitrogen and oxygen atoms in total. The number of amides is 1. The normalized spacial score (nSPS) is 12.5. The minimum atomic E-state index is -0.556. The van der Waals surface area contributed by atoms with E-state index in [1.165, 1.54) is 11.3 Å². The topological polar surface area (TPSA) is 67.2 Å². The van der Waals surface area contributed by atoms with E-state index in [0.29, 0.717) is 4.88 Å². The number of aryl methyl sites for hydroxylation is 1. The van der Waals surface area contributed by atoms with Crippen LogP contribution in [0.5, 0.6) is 0 Å². The van der Waals surface area contributed by atoms with Gasteiger partial charge in [0.05, 0.1) is 22.4 Å². The van der Waals surface area contributed by atoms with Gasteiger partial charge in [0.25, 0.3) is 5.91 Å². The molecule has 3 rings (SSSR count). The van der Waals surface area contributed by atoms with Gasteiger partial charge in [0.15, 0.2) is 0 Å². The number of para-hydroxylation sites is 1. The van der Waals surface area contributed by atoms with E-state index in [-0.39, 0.29) is 12.5 Å². The number of nitrogens with one attached hydrogen (secondary N) is 1. The maximum Gasteiger partial charge on any atom is 0.261 e. The van der Waals surface area contributed by atoms with Crippen LogP contribution in [0.4, 0.5) is 0 Å². The van der Waals surface area contributed by atoms with Crippen molar-refractivity contribution in [2.45, 2.75) is 20.0 Å². The third kappa shape index (κ3) is 2.75. The summed E-state index contributed by atoms with van der Waals surface area (Å²) in [6.07, 6.45) is -0.556. The molecule has 2 N–H and O–H groups in total. The summed E-state index contributed by atoms with van der Waals surface area (Å²) in [5.41, 5.74) is 1.86. The molecule has 0 spiro atoms. The molecule has 0 aliphatic carbocycles. The molecule has 0 aliphatic rings. The largest absolute Gasteiger partial charge is 0.392 e. The van der Waals surface area contributed by atoms with Crippen molar-refractivity contribution in [1.82, 2.24) is 15.1 Å². The Bertz CT molecular complexity index is 806. The number of rotatable bonds is 4. The fraction of sp³-hybridized carbons (Fsp3) is 0.250. The number of carbonyl (C=O) groups is 1. The lowest BCUT2D eigenvalue weighted by Gasteiger charge is -2.05. The number of hydrogen-bond acceptors (Lipinski definition) is 4. The van der Waals surface area contributed by atoms with Crippen molar-refractivity contribution in [2.24, 2.45) is 0 Å². The van der Waals surface area contributed by atoms with E-state index in [1.54, 1.807) is 6.92 Å². The highest BCUT2D eigenvalue weighted by Crippen LogP contribution is 2.30. The van der Waals surface area contributed by atoms with Crippen molar-refractivity contribution in [1.29, 1.82) is 0 Å². The molecule has 1 amide bonds. The molecular weight excluding hydrogens is 298 g/mol. The molecule has 6 heteroatoms. The lowest BCUT2D eigenvalue weighted by molar-refractivity contribution is 0.0928. The number of carbonyl (C=O) groups excluding carboxylic acids is 1. The van der Waals surface area contributed by atoms with Crippen molar-refractivity contribution >= 4 is 27.5 Å². The van der Waals surface area contributed by atoms with Crippen LogP contribution in [0.25, 0.3) is 15.9 Å². The molecule has 1 aromatic carbocycles. The predicted octanol–water partition coefficient (Wildman–Crippen LogP) is 2.51. The summed E-state index contributed by atoms with van der Waals surface area (Å²) in [5, 5.41) is 17.5. The van der Waals surface area contributed by atoms with Crippen LogP contribution in [0, 0.1) is 6.92 Å². The van der Waals surface area contributed by atoms with Crippen LogP contribution in [0.3, 0.4) is 0 Å². The lowest BCUT2D eigenvalue weighted by atomic mass is 10.3. The van der Waals surface area contributed by atoms with Crippen LogP contribution in [0.1, 0.15) is 22.3 Å². The summed E-state index contributed by atoms with van der Waals surface area (Å²) in [6.45, 7) is 3.82. The van der Waals surface area contributed by atoms with Gasteiger partial charge in [0.2, 0.25) is 0 Å². The zero-order valence-corrected chi connectivity index (χ0v) is 13.2. The van der Waals surface area contributed by atoms with Gasteiger partial charge in [-0.3, -0.25) is 4.79 Å². The van der Waals surface area contributed by atoms with Gasteiger partial charge in [-0.2, -0.15) is 5.10 Å². The second kappa shape index (κ2) is 5.90. The van der Waals surface area contributed by atoms with Crippen LogP contribution in [-0.4, -0.2) is 33.4 Å². The number of aliphatic hydroxyl groups excluding tert-OH is 1. The second-order valence-electron chi connectivity index (χ2n) is 5.22. The van der Waals surface area contributed by atoms with Gasteiger partial charge in [-0.15, -0.1) is 11.3 Å². The van der Waals surface area contributed by atoms with Gasteiger partial charge in [0.1, 0.15) is 4.83 Å². The van der Waals surface area contributed by atoms with Crippen LogP contribution >= 0.6 is 11.3 Å². The van der Waals surface area contributed by atoms with Crippen LogP contribution < -0.4 is 5.32 Å². The first kappa shape index (κ1) is 14.7. The number of nitrogens with zero attached hydrogens (tertiary/aromatic N) is 2. The first-order chi connectivity index (χ1) is 10.6. The van der Waals surface area contributed by atoms with E-state index >= 15 is 0 Å². The number of aromatic nitrogens is 2. The van der Waals surface area contributed by atoms with E-state index in [1.807, 2.05) is 48.0 Å². The Morgan fingerprint density at radius 1 is 1.41 bits per heavy atom. The molecule has 0 saturated heterocycles. The third-order valence-corrected chi connectivity index (χ3v) is 4.44. The minimum Gasteiger partial charge on any atom is -0.392 e. The molecule has 22 heavy (non-hydrogen) atoms. The summed E-state index contributed by atoms with van der Waals surface area (Å²) in [4.78, 5) is 13.7. The van der Waals surface area contributed by atoms with Crippen molar-refractivity contribution in [2.75, 3.05) is 6.54 Å². The summed E-state index contributed by atoms with van der Waals surface area (Å²) < 4.78 is 1.86. The van der Waals surface area contributed by atoms with E-state index in [0.717, 1.165) is 21.6 Å². The Labute approximate surface area is 132 Å². The standard InChI is InChI=1S/C16H17N3O2S/c1-10(20)9-17-15(21)14-8-13-11(2)18-19(16(13)22-14)12-6-4-3-5-7-12/h3-8,10,20H,9H2,1-2H3,(H,17,21)/t10-/m1/s1. The molecule has 2 heterocycles. The summed E-state index contributed by atoms with van der Waals surface area (Å²) in [6, 6.07) is 11.7. The number of fused-ring (bicyclic) bond motifs is 1. The number of aliphatic hydroxyl groups is 1. The van der Waals surface area contributed by atoms with E-state index in [4.69, 9.17) is 0 Å². The van der Waals surface area contributed by atoms with Crippen molar-refractivity contribution < 1.29 is 9.90 Å². The predicted molar refractivity (Wildman–Crippen MR) is 87.7 cm³/mol. The summed E-state index contributed by atoms with van der Waals surface area (Å²) in [5.74, 6) is -0.166. The highest BCUT2D eigenvalue weighted by atomic mass is 32.1. The zero-order valence-electron chi connectivity index (χ0n) is 12.4. The van der Waals surface area contributed by atoms with Crippen LogP contribution in [0.2, 0.25) is 0 Å². The fourth-order valence-corrected chi connectivity index (χ4v) is 3.33. The van der Waals surface area contributed by atoms with Gasteiger partial charge in [-0.25, -0.2) is 4.68 Å². The highest BCUT2D eigenvalue weighted by molar-refractivity contribution is 7.20. The van der Waals surface area contributed by atoms with Crippen LogP contribution in [-0.2, 0) is 0 Å². The van der Waals surface area contributed by atoms with E-state index in [2.05, 4.69) is 10.4 Å². The van der Waals surface area contributed by atoms with Crippen molar-refractivity contribution in [3.05, 3.63) is 47.0 Å². The Morgan fingerprint density at radius 2 is 2.14 bits per heavy atom. The SMILES string of the molecule is Cc1nn(-c2ccccc2)c2sc(C(=O)NC[C@@H](C)O)cc12. The monoisotopic (exact) mass is 315 g/mol. The lowest BCUT2D eigenvalue weighted by Crippen LogP contribution is -2.29. The Hall–Kier alpha value is -2.18. The molecule has 114 valence electrons. The maximum absolute atomic E-state index is 12.1. The molecule has 0 unspecified atom stereocenters. The molecule has 0 bridgehead atoms. The van der Waals surface area contributed by atoms with Crippen LogP contribution in [0.15, 0.2) is 36.4 Å². The van der Waals surface area contributed by atoms with Gasteiger partial charge in [-0.05, 0) is 32.0 Å². The smallest absolute Gasteiger partial charge is 0.261 e. The average Bonchev–Trinajstić information content (AvgIpc) is 3.07. The molecule has 0 saturated carbocycles. The Morgan fingerprint density at radius 3 is 2.82 bits per heavy atom. The van der Waals surface area contributed by atoms with Gasteiger partial charge in [0, 0.05) is 11.9 Å². The summed E-state index contributed by atoms with van der Waals surface area (Å²) in [7, 11) is 0.